The van der Waals surface area contributed by atoms with Crippen LogP contribution in [0.1, 0.15) is 33.1 Å². The molecule has 2 rings (SSSR count). The summed E-state index contributed by atoms with van der Waals surface area (Å²) in [6, 6.07) is 0. The minimum atomic E-state index is -0.942. The number of hydrogen-bond donors (Lipinski definition) is 1. The summed E-state index contributed by atoms with van der Waals surface area (Å²) >= 11 is 0. The Morgan fingerprint density at radius 2 is 1.93 bits per heavy atom. The van der Waals surface area contributed by atoms with E-state index in [1.54, 1.807) is 13.0 Å². The number of allylic oxidation sites excluding steroid dienone is 1. The van der Waals surface area contributed by atoms with Crippen LogP contribution in [0, 0.1) is 5.92 Å². The van der Waals surface area contributed by atoms with E-state index in [4.69, 9.17) is 14.2 Å². The number of fused-ring (bicyclic) bond motifs is 1. The van der Waals surface area contributed by atoms with Gasteiger partial charge in [-0.25, -0.2) is 9.59 Å². The average Bonchev–Trinajstić information content (AvgIpc) is 2.90. The molecule has 1 aliphatic carbocycles. The van der Waals surface area contributed by atoms with Gasteiger partial charge in [-0.15, -0.1) is 0 Å². The first-order chi connectivity index (χ1) is 13.2. The van der Waals surface area contributed by atoms with Crippen molar-refractivity contribution >= 4 is 17.9 Å². The zero-order valence-corrected chi connectivity index (χ0v) is 16.2. The largest absolute Gasteiger partial charge is 0.461 e. The van der Waals surface area contributed by atoms with Gasteiger partial charge in [-0.3, -0.25) is 4.79 Å². The second kappa shape index (κ2) is 9.50. The maximum absolute atomic E-state index is 12.0. The highest BCUT2D eigenvalue weighted by atomic mass is 16.6. The number of carbonyl (C=O) groups excluding carboxylic acids is 3. The molecule has 152 valence electrons. The van der Waals surface area contributed by atoms with Gasteiger partial charge in [0.05, 0.1) is 12.0 Å². The first-order valence-electron chi connectivity index (χ1n) is 9.10. The van der Waals surface area contributed by atoms with Crippen LogP contribution in [0.4, 0.5) is 0 Å². The molecule has 0 saturated carbocycles. The Morgan fingerprint density at radius 1 is 1.25 bits per heavy atom. The summed E-state index contributed by atoms with van der Waals surface area (Å²) in [6.45, 7) is 10.3. The predicted octanol–water partition coefficient (Wildman–Crippen LogP) is 2.16. The van der Waals surface area contributed by atoms with E-state index in [0.29, 0.717) is 12.8 Å². The lowest BCUT2D eigenvalue weighted by Gasteiger charge is -2.24. The van der Waals surface area contributed by atoms with Crippen LogP contribution in [-0.2, 0) is 28.6 Å². The molecule has 0 radical (unpaired) electrons. The van der Waals surface area contributed by atoms with Gasteiger partial charge in [-0.2, -0.15) is 0 Å². The molecule has 1 aliphatic heterocycles. The third kappa shape index (κ3) is 5.66. The average molecular weight is 390 g/mol. The van der Waals surface area contributed by atoms with Gasteiger partial charge in [0.15, 0.2) is 0 Å². The monoisotopic (exact) mass is 390 g/mol. The Balaban J connectivity index is 2.24. The van der Waals surface area contributed by atoms with E-state index in [1.807, 2.05) is 6.08 Å². The van der Waals surface area contributed by atoms with E-state index in [9.17, 15) is 19.5 Å². The summed E-state index contributed by atoms with van der Waals surface area (Å²) in [5.74, 6) is -2.11. The Hall–Kier alpha value is -2.67. The van der Waals surface area contributed by atoms with Crippen molar-refractivity contribution < 1.29 is 33.7 Å². The van der Waals surface area contributed by atoms with Gasteiger partial charge in [0, 0.05) is 18.1 Å². The predicted molar refractivity (Wildman–Crippen MR) is 101 cm³/mol. The number of esters is 3. The third-order valence-electron chi connectivity index (χ3n) is 4.64. The van der Waals surface area contributed by atoms with Gasteiger partial charge in [-0.1, -0.05) is 19.2 Å². The van der Waals surface area contributed by atoms with Gasteiger partial charge in [0.25, 0.3) is 0 Å². The van der Waals surface area contributed by atoms with E-state index >= 15 is 0 Å². The molecule has 0 spiro atoms. The minimum absolute atomic E-state index is 0.0183. The molecule has 1 N–H and O–H groups in total. The summed E-state index contributed by atoms with van der Waals surface area (Å²) in [4.78, 5) is 34.8. The van der Waals surface area contributed by atoms with Gasteiger partial charge in [0.1, 0.15) is 19.3 Å². The molecule has 0 aromatic heterocycles. The van der Waals surface area contributed by atoms with Crippen LogP contribution in [-0.4, -0.2) is 48.4 Å². The highest BCUT2D eigenvalue weighted by molar-refractivity contribution is 5.91. The number of ether oxygens (including phenoxy) is 3. The Morgan fingerprint density at radius 3 is 2.57 bits per heavy atom. The van der Waals surface area contributed by atoms with Gasteiger partial charge >= 0.3 is 17.9 Å². The van der Waals surface area contributed by atoms with Gasteiger partial charge in [-0.05, 0) is 43.4 Å². The number of aliphatic hydroxyl groups excluding tert-OH is 1. The van der Waals surface area contributed by atoms with Crippen molar-refractivity contribution in [2.75, 3.05) is 13.2 Å². The maximum Gasteiger partial charge on any atom is 0.334 e. The molecule has 1 heterocycles. The standard InChI is InChI=1S/C21H26O7/c1-12(2)20(24)27-11-15-6-5-7-16(10-26-14(4)22)9-18-19(17(23)8-15)13(3)21(25)28-18/h6,9,17-19,23H,1,3,5,7-8,10-11H2,2,4H3/b15-6-,16-9-/t17-,18+,19-/m1/s1. The number of carbonyl (C=O) groups is 3. The Labute approximate surface area is 164 Å². The van der Waals surface area contributed by atoms with Crippen molar-refractivity contribution in [2.24, 2.45) is 5.92 Å². The van der Waals surface area contributed by atoms with E-state index < -0.39 is 36.0 Å². The van der Waals surface area contributed by atoms with Crippen molar-refractivity contribution in [3.05, 3.63) is 47.6 Å². The second-order valence-electron chi connectivity index (χ2n) is 7.06. The second-order valence-corrected chi connectivity index (χ2v) is 7.06. The number of rotatable bonds is 5. The SMILES string of the molecule is C=C(C)C(=O)OC/C1=C\CC/C(COC(C)=O)=C/[C@@H]2OC(=O)C(=C)[C@@H]2[C@H](O)C1. The number of hydrogen-bond acceptors (Lipinski definition) is 7. The fourth-order valence-corrected chi connectivity index (χ4v) is 3.17. The molecule has 0 aromatic rings. The van der Waals surface area contributed by atoms with Crippen LogP contribution in [0.5, 0.6) is 0 Å². The smallest absolute Gasteiger partial charge is 0.334 e. The van der Waals surface area contributed by atoms with Crippen molar-refractivity contribution in [1.82, 2.24) is 0 Å². The molecule has 1 fully saturated rings. The lowest BCUT2D eigenvalue weighted by molar-refractivity contribution is -0.140. The zero-order valence-electron chi connectivity index (χ0n) is 16.2. The van der Waals surface area contributed by atoms with Crippen molar-refractivity contribution in [3.8, 4) is 0 Å². The Bertz CT molecular complexity index is 744. The highest BCUT2D eigenvalue weighted by Crippen LogP contribution is 2.34. The summed E-state index contributed by atoms with van der Waals surface area (Å²) < 4.78 is 15.6. The Kier molecular flexibility index (Phi) is 7.34. The molecule has 2 aliphatic rings. The van der Waals surface area contributed by atoms with Crippen molar-refractivity contribution in [3.63, 3.8) is 0 Å². The molecule has 0 aromatic carbocycles. The lowest BCUT2D eigenvalue weighted by Crippen LogP contribution is -2.30. The minimum Gasteiger partial charge on any atom is -0.461 e. The normalized spacial score (nSPS) is 28.8. The maximum atomic E-state index is 12.0. The third-order valence-corrected chi connectivity index (χ3v) is 4.64. The molecule has 1 saturated heterocycles. The van der Waals surface area contributed by atoms with Crippen LogP contribution in [0.2, 0.25) is 0 Å². The van der Waals surface area contributed by atoms with E-state index in [2.05, 4.69) is 13.2 Å². The van der Waals surface area contributed by atoms with E-state index in [-0.39, 0.29) is 30.8 Å². The van der Waals surface area contributed by atoms with Gasteiger partial charge in [0.2, 0.25) is 0 Å². The van der Waals surface area contributed by atoms with E-state index in [1.165, 1.54) is 6.92 Å². The molecule has 0 amide bonds. The zero-order chi connectivity index (χ0) is 20.8. The molecule has 7 nitrogen and oxygen atoms in total. The van der Waals surface area contributed by atoms with Crippen LogP contribution in [0.3, 0.4) is 0 Å². The van der Waals surface area contributed by atoms with Crippen LogP contribution in [0.15, 0.2) is 47.6 Å². The molecular formula is C21H26O7. The fraction of sp³-hybridized carbons (Fsp3) is 0.476. The molecule has 3 atom stereocenters. The quantitative estimate of drug-likeness (QED) is 0.332. The van der Waals surface area contributed by atoms with Crippen LogP contribution < -0.4 is 0 Å². The topological polar surface area (TPSA) is 99.1 Å². The molecule has 0 unspecified atom stereocenters. The van der Waals surface area contributed by atoms with E-state index in [0.717, 1.165) is 11.1 Å². The fourth-order valence-electron chi connectivity index (χ4n) is 3.17. The first kappa shape index (κ1) is 21.6. The summed E-state index contributed by atoms with van der Waals surface area (Å²) in [5.41, 5.74) is 1.98. The molecule has 28 heavy (non-hydrogen) atoms. The number of aliphatic hydroxyl groups is 1. The summed E-state index contributed by atoms with van der Waals surface area (Å²) in [6.07, 6.45) is 3.36. The highest BCUT2D eigenvalue weighted by Gasteiger charge is 2.42. The van der Waals surface area contributed by atoms with Crippen molar-refractivity contribution in [2.45, 2.75) is 45.3 Å². The molecular weight excluding hydrogens is 364 g/mol. The first-order valence-corrected chi connectivity index (χ1v) is 9.10. The van der Waals surface area contributed by atoms with Crippen molar-refractivity contribution in [1.29, 1.82) is 0 Å². The summed E-state index contributed by atoms with van der Waals surface area (Å²) in [7, 11) is 0. The molecule has 0 bridgehead atoms. The lowest BCUT2D eigenvalue weighted by atomic mass is 9.85. The summed E-state index contributed by atoms with van der Waals surface area (Å²) in [5, 5.41) is 10.7. The molecule has 7 heteroatoms. The van der Waals surface area contributed by atoms with Gasteiger partial charge < -0.3 is 19.3 Å². The van der Waals surface area contributed by atoms with Crippen LogP contribution in [0.25, 0.3) is 0 Å². The van der Waals surface area contributed by atoms with Crippen LogP contribution >= 0.6 is 0 Å².